The summed E-state index contributed by atoms with van der Waals surface area (Å²) in [6.45, 7) is 18.5. The Kier molecular flexibility index (Phi) is 21.3. The summed E-state index contributed by atoms with van der Waals surface area (Å²) >= 11 is 20.5. The average Bonchev–Trinajstić information content (AvgIpc) is 2.26. The molecular formula is C68H76GeS14. The minimum absolute atomic E-state index is 1.18. The quantitative estimate of drug-likeness (QED) is 0.0354. The van der Waals surface area contributed by atoms with Gasteiger partial charge in [-0.05, 0) is 0 Å². The first-order valence-corrected chi connectivity index (χ1v) is 52.1. The first kappa shape index (κ1) is 62.1. The number of hydrogen-bond donors (Lipinski definition) is 0. The molecule has 2 aliphatic rings. The van der Waals surface area contributed by atoms with Gasteiger partial charge >= 0.3 is 505 Å². The predicted molar refractivity (Wildman–Crippen MR) is 395 cm³/mol. The van der Waals surface area contributed by atoms with Crippen molar-refractivity contribution in [2.24, 2.45) is 0 Å². The van der Waals surface area contributed by atoms with E-state index in [1.807, 2.05) is 45.3 Å². The van der Waals surface area contributed by atoms with Crippen molar-refractivity contribution in [3.63, 3.8) is 0 Å². The molecule has 12 heterocycles. The first-order chi connectivity index (χ1) is 40.5. The van der Waals surface area contributed by atoms with Crippen LogP contribution in [0.25, 0.3) is 78.0 Å². The van der Waals surface area contributed by atoms with Crippen LogP contribution in [0.4, 0.5) is 0 Å². The van der Waals surface area contributed by atoms with Gasteiger partial charge in [-0.3, -0.25) is 0 Å². The molecule has 2 aliphatic heterocycles. The zero-order valence-corrected chi connectivity index (χ0v) is 62.8. The SMILES string of the molecule is CCCCCCc1cc(C)sc1-c1ccc(-c2sc(-c3ccc(-c4sc(C)cc4CCCCCC)s3)c3c2[S][Ge]2([S]3)[S]c3c(-c4ccc(-c5sc(C)cc5CCCCCC)s4)sc(-c4ccc(-c5sc(C)cc5CCCCCC)s4)c3[S]2)s1. The maximum atomic E-state index is 2.50. The van der Waals surface area contributed by atoms with Crippen LogP contribution in [0.15, 0.2) is 92.4 Å². The third-order valence-corrected chi connectivity index (χ3v) is 59.5. The molecule has 0 aromatic carbocycles. The van der Waals surface area contributed by atoms with E-state index in [-0.39, 0.29) is 0 Å². The van der Waals surface area contributed by atoms with E-state index in [1.165, 1.54) is 226 Å². The zero-order valence-electron chi connectivity index (χ0n) is 49.3. The van der Waals surface area contributed by atoms with Crippen molar-refractivity contribution in [2.75, 3.05) is 0 Å². The van der Waals surface area contributed by atoms with Gasteiger partial charge in [0.25, 0.3) is 0 Å². The molecule has 436 valence electrons. The third kappa shape index (κ3) is 13.8. The van der Waals surface area contributed by atoms with Crippen LogP contribution in [0.5, 0.6) is 0 Å². The molecule has 0 amide bonds. The van der Waals surface area contributed by atoms with Gasteiger partial charge in [-0.15, -0.1) is 0 Å². The van der Waals surface area contributed by atoms with Gasteiger partial charge in [0.2, 0.25) is 0 Å². The van der Waals surface area contributed by atoms with E-state index in [4.69, 9.17) is 0 Å². The molecule has 0 saturated heterocycles. The van der Waals surface area contributed by atoms with Crippen molar-refractivity contribution in [2.45, 2.75) is 203 Å². The van der Waals surface area contributed by atoms with Crippen LogP contribution in [0.2, 0.25) is 0 Å². The van der Waals surface area contributed by atoms with Crippen molar-refractivity contribution in [1.82, 2.24) is 0 Å². The summed E-state index contributed by atoms with van der Waals surface area (Å²) in [6, 6.07) is 29.8. The average molecular weight is 1410 g/mol. The summed E-state index contributed by atoms with van der Waals surface area (Å²) in [6.07, 6.45) is 25.6. The monoisotopic (exact) mass is 1410 g/mol. The van der Waals surface area contributed by atoms with Crippen molar-refractivity contribution in [3.05, 3.63) is 115 Å². The molecule has 83 heavy (non-hydrogen) atoms. The van der Waals surface area contributed by atoms with E-state index in [0.29, 0.717) is 0 Å². The maximum absolute atomic E-state index is 2.99. The molecule has 10 aromatic rings. The predicted octanol–water partition coefficient (Wildman–Crippen LogP) is 28.9. The van der Waals surface area contributed by atoms with Crippen LogP contribution >= 0.6 is 154 Å². The van der Waals surface area contributed by atoms with Crippen molar-refractivity contribution in [3.8, 4) is 78.0 Å². The Morgan fingerprint density at radius 1 is 0.253 bits per heavy atom. The molecule has 15 heteroatoms. The van der Waals surface area contributed by atoms with Crippen molar-refractivity contribution >= 4 is 162 Å². The molecule has 0 bridgehead atoms. The fraction of sp³-hybridized carbons (Fsp3) is 0.412. The Bertz CT molecular complexity index is 3310. The van der Waals surface area contributed by atoms with Gasteiger partial charge in [0.15, 0.2) is 0 Å². The number of thiophene rings is 10. The fourth-order valence-corrected chi connectivity index (χ4v) is 64.2. The van der Waals surface area contributed by atoms with E-state index < -0.39 is 8.70 Å². The Hall–Kier alpha value is -1.06. The van der Waals surface area contributed by atoms with Crippen LogP contribution in [0, 0.1) is 27.7 Å². The number of aryl methyl sites for hydroxylation is 8. The van der Waals surface area contributed by atoms with E-state index in [9.17, 15) is 0 Å². The van der Waals surface area contributed by atoms with Gasteiger partial charge in [0.1, 0.15) is 0 Å². The Balaban J connectivity index is 0.927. The molecule has 0 radical (unpaired) electrons. The van der Waals surface area contributed by atoms with Gasteiger partial charge in [-0.25, -0.2) is 0 Å². The van der Waals surface area contributed by atoms with Crippen LogP contribution in [0.1, 0.15) is 172 Å². The number of unbranched alkanes of at least 4 members (excludes halogenated alkanes) is 12. The minimum atomic E-state index is -2.99. The summed E-state index contributed by atoms with van der Waals surface area (Å²) in [7, 11) is 6.43. The summed E-state index contributed by atoms with van der Waals surface area (Å²) in [5.41, 5.74) is 6.23. The Morgan fingerprint density at radius 2 is 0.470 bits per heavy atom. The molecule has 0 aliphatic carbocycles. The fourth-order valence-electron chi connectivity index (χ4n) is 11.6. The van der Waals surface area contributed by atoms with E-state index in [0.717, 1.165) is 0 Å². The number of rotatable bonds is 28. The van der Waals surface area contributed by atoms with E-state index >= 15 is 0 Å². The second kappa shape index (κ2) is 28.4. The Labute approximate surface area is 551 Å². The molecular weight excluding hydrogens is 1340 g/mol. The van der Waals surface area contributed by atoms with Gasteiger partial charge in [-0.2, -0.15) is 0 Å². The first-order valence-electron chi connectivity index (χ1n) is 30.4. The van der Waals surface area contributed by atoms with Gasteiger partial charge in [0, 0.05) is 0 Å². The molecule has 0 unspecified atom stereocenters. The van der Waals surface area contributed by atoms with Crippen LogP contribution in [-0.2, 0) is 25.7 Å². The second-order valence-electron chi connectivity index (χ2n) is 22.5. The molecule has 1 spiro atoms. The molecule has 0 saturated carbocycles. The van der Waals surface area contributed by atoms with Crippen LogP contribution in [-0.4, -0.2) is 8.70 Å². The van der Waals surface area contributed by atoms with Crippen LogP contribution in [0.3, 0.4) is 0 Å². The summed E-state index contributed by atoms with van der Waals surface area (Å²) in [5, 5.41) is 0. The number of hydrogen-bond acceptors (Lipinski definition) is 14. The molecule has 0 nitrogen and oxygen atoms in total. The standard InChI is InChI=1S/C68H76GeS14/c1-9-13-17-21-25-45-37-41(5)70-57(45)49-29-33-53(74-49)61-65-66(62(78-61)54-34-30-50(75-54)58-46(38-42(6)71-58)26-22-18-14-10-2)81-69(80-65)82-67-63(55-35-31-51(76-55)59-47(39-43(7)72-59)27-23-19-15-11-3)79-64(68(67)83-69)56-36-32-52(77-56)60-48(40-44(8)73-60)28-24-20-16-12-4/h29-40H,9-28H2,1-8H3. The summed E-state index contributed by atoms with van der Waals surface area (Å²) < 4.78 is 0. The molecule has 10 aromatic heterocycles. The van der Waals surface area contributed by atoms with Gasteiger partial charge in [-0.1, -0.05) is 53.4 Å². The third-order valence-electron chi connectivity index (χ3n) is 15.7. The second-order valence-corrected chi connectivity index (χ2v) is 64.4. The topological polar surface area (TPSA) is 0 Å². The van der Waals surface area contributed by atoms with Crippen molar-refractivity contribution < 1.29 is 0 Å². The zero-order chi connectivity index (χ0) is 57.2. The molecule has 0 fully saturated rings. The normalized spacial score (nSPS) is 13.7. The van der Waals surface area contributed by atoms with Crippen molar-refractivity contribution in [1.29, 1.82) is 0 Å². The summed E-state index contributed by atoms with van der Waals surface area (Å²) in [5.74, 6) is 0. The van der Waals surface area contributed by atoms with Gasteiger partial charge in [0.05, 0.1) is 0 Å². The van der Waals surface area contributed by atoms with E-state index in [1.54, 1.807) is 41.8 Å². The van der Waals surface area contributed by atoms with Crippen LogP contribution < -0.4 is 0 Å². The Morgan fingerprint density at radius 3 is 0.687 bits per heavy atom. The molecule has 0 N–H and O–H groups in total. The van der Waals surface area contributed by atoms with Gasteiger partial charge < -0.3 is 0 Å². The molecule has 12 rings (SSSR count). The summed E-state index contributed by atoms with van der Waals surface area (Å²) in [4.78, 5) is 35.8. The van der Waals surface area contributed by atoms with E-state index in [2.05, 4.69) is 237 Å². The number of fused-ring (bicyclic) bond motifs is 2. The molecule has 0 atom stereocenters.